The number of halogens is 1. The van der Waals surface area contributed by atoms with Gasteiger partial charge >= 0.3 is 0 Å². The predicted octanol–water partition coefficient (Wildman–Crippen LogP) is 4.36. The van der Waals surface area contributed by atoms with E-state index in [-0.39, 0.29) is 6.04 Å². The van der Waals surface area contributed by atoms with Gasteiger partial charge in [0.1, 0.15) is 5.75 Å². The molecule has 1 unspecified atom stereocenters. The summed E-state index contributed by atoms with van der Waals surface area (Å²) in [6.07, 6.45) is 2.83. The molecular weight excluding hydrogens is 322 g/mol. The molecule has 0 aliphatic heterocycles. The Kier molecular flexibility index (Phi) is 3.91. The van der Waals surface area contributed by atoms with Crippen molar-refractivity contribution in [1.29, 1.82) is 0 Å². The number of nitrogens with one attached hydrogen (secondary N) is 1. The highest BCUT2D eigenvalue weighted by molar-refractivity contribution is 9.11. The minimum absolute atomic E-state index is 0.213. The summed E-state index contributed by atoms with van der Waals surface area (Å²) in [5.74, 6) is 0.981. The maximum Gasteiger partial charge on any atom is 0.120 e. The number of rotatable bonds is 5. The van der Waals surface area contributed by atoms with Gasteiger partial charge in [-0.2, -0.15) is 0 Å². The first-order chi connectivity index (χ1) is 9.26. The molecule has 1 N–H and O–H groups in total. The maximum atomic E-state index is 5.87. The number of benzene rings is 1. The molecule has 1 fully saturated rings. The van der Waals surface area contributed by atoms with E-state index in [9.17, 15) is 0 Å². The van der Waals surface area contributed by atoms with Crippen LogP contribution in [0.3, 0.4) is 0 Å². The van der Waals surface area contributed by atoms with Gasteiger partial charge in [0.2, 0.25) is 0 Å². The van der Waals surface area contributed by atoms with E-state index >= 15 is 0 Å². The van der Waals surface area contributed by atoms with Gasteiger partial charge in [0, 0.05) is 0 Å². The highest BCUT2D eigenvalue weighted by atomic mass is 79.9. The average Bonchev–Trinajstić information content (AvgIpc) is 3.12. The summed E-state index contributed by atoms with van der Waals surface area (Å²) in [6, 6.07) is 10.8. The Hall–Kier alpha value is -0.840. The second-order valence-electron chi connectivity index (χ2n) is 4.80. The standard InChI is InChI=1S/C15H16BrNOS/c1-17-15(11-8-14(16)19-9-11)10-3-2-4-13(7-10)18-12-5-6-12/h2-4,7-9,12,15,17H,5-6H2,1H3. The van der Waals surface area contributed by atoms with Crippen molar-refractivity contribution in [3.05, 3.63) is 50.6 Å². The number of ether oxygens (including phenoxy) is 1. The molecule has 1 saturated carbocycles. The molecule has 2 aromatic rings. The van der Waals surface area contributed by atoms with E-state index < -0.39 is 0 Å². The summed E-state index contributed by atoms with van der Waals surface area (Å²) >= 11 is 5.24. The van der Waals surface area contributed by atoms with Crippen molar-refractivity contribution in [3.8, 4) is 5.75 Å². The fraction of sp³-hybridized carbons (Fsp3) is 0.333. The second-order valence-corrected chi connectivity index (χ2v) is 7.09. The van der Waals surface area contributed by atoms with E-state index in [1.54, 1.807) is 11.3 Å². The first-order valence-electron chi connectivity index (χ1n) is 6.44. The van der Waals surface area contributed by atoms with Gasteiger partial charge in [-0.3, -0.25) is 0 Å². The zero-order valence-corrected chi connectivity index (χ0v) is 13.1. The third-order valence-corrected chi connectivity index (χ3v) is 4.75. The maximum absolute atomic E-state index is 5.87. The first-order valence-corrected chi connectivity index (χ1v) is 8.11. The smallest absolute Gasteiger partial charge is 0.120 e. The van der Waals surface area contributed by atoms with Crippen molar-refractivity contribution in [2.45, 2.75) is 25.0 Å². The van der Waals surface area contributed by atoms with E-state index in [4.69, 9.17) is 4.74 Å². The zero-order valence-electron chi connectivity index (χ0n) is 10.7. The van der Waals surface area contributed by atoms with Crippen molar-refractivity contribution in [3.63, 3.8) is 0 Å². The molecule has 0 radical (unpaired) electrons. The van der Waals surface area contributed by atoms with E-state index in [2.05, 4.69) is 50.9 Å². The van der Waals surface area contributed by atoms with E-state index in [1.807, 2.05) is 13.1 Å². The summed E-state index contributed by atoms with van der Waals surface area (Å²) in [6.45, 7) is 0. The van der Waals surface area contributed by atoms with Crippen LogP contribution in [-0.4, -0.2) is 13.2 Å². The molecule has 1 aliphatic carbocycles. The lowest BCUT2D eigenvalue weighted by Crippen LogP contribution is -2.17. The third-order valence-electron chi connectivity index (χ3n) is 3.23. The summed E-state index contributed by atoms with van der Waals surface area (Å²) in [4.78, 5) is 0. The molecule has 19 heavy (non-hydrogen) atoms. The summed E-state index contributed by atoms with van der Waals surface area (Å²) in [5, 5.41) is 5.55. The number of thiophene rings is 1. The Labute approximate surface area is 125 Å². The van der Waals surface area contributed by atoms with Crippen LogP contribution in [0, 0.1) is 0 Å². The van der Waals surface area contributed by atoms with Crippen molar-refractivity contribution in [2.24, 2.45) is 0 Å². The number of hydrogen-bond acceptors (Lipinski definition) is 3. The summed E-state index contributed by atoms with van der Waals surface area (Å²) in [5.41, 5.74) is 2.52. The molecule has 4 heteroatoms. The lowest BCUT2D eigenvalue weighted by atomic mass is 10.0. The van der Waals surface area contributed by atoms with Crippen LogP contribution in [0.1, 0.15) is 30.0 Å². The molecule has 3 rings (SSSR count). The molecule has 1 aromatic carbocycles. The van der Waals surface area contributed by atoms with Crippen LogP contribution < -0.4 is 10.1 Å². The van der Waals surface area contributed by atoms with Crippen molar-refractivity contribution in [1.82, 2.24) is 5.32 Å². The van der Waals surface area contributed by atoms with Crippen molar-refractivity contribution in [2.75, 3.05) is 7.05 Å². The van der Waals surface area contributed by atoms with Crippen LogP contribution in [0.25, 0.3) is 0 Å². The van der Waals surface area contributed by atoms with Gasteiger partial charge in [0.25, 0.3) is 0 Å². The van der Waals surface area contributed by atoms with Gasteiger partial charge in [0.15, 0.2) is 0 Å². The molecule has 2 nitrogen and oxygen atoms in total. The third kappa shape index (κ3) is 3.19. The van der Waals surface area contributed by atoms with Crippen LogP contribution in [0.15, 0.2) is 39.5 Å². The molecule has 1 aliphatic rings. The Balaban J connectivity index is 1.85. The zero-order chi connectivity index (χ0) is 13.2. The van der Waals surface area contributed by atoms with Crippen LogP contribution in [0.5, 0.6) is 5.75 Å². The molecule has 1 atom stereocenters. The van der Waals surface area contributed by atoms with Crippen LogP contribution in [-0.2, 0) is 0 Å². The summed E-state index contributed by atoms with van der Waals surface area (Å²) in [7, 11) is 1.99. The van der Waals surface area contributed by atoms with E-state index in [1.165, 1.54) is 24.0 Å². The van der Waals surface area contributed by atoms with Crippen molar-refractivity contribution < 1.29 is 4.74 Å². The Morgan fingerprint density at radius 1 is 1.32 bits per heavy atom. The fourth-order valence-corrected chi connectivity index (χ4v) is 3.35. The lowest BCUT2D eigenvalue weighted by molar-refractivity contribution is 0.302. The van der Waals surface area contributed by atoms with Gasteiger partial charge in [-0.1, -0.05) is 12.1 Å². The van der Waals surface area contributed by atoms with Crippen molar-refractivity contribution >= 4 is 27.3 Å². The molecule has 1 heterocycles. The topological polar surface area (TPSA) is 21.3 Å². The van der Waals surface area contributed by atoms with E-state index in [0.717, 1.165) is 9.54 Å². The first kappa shape index (κ1) is 13.2. The Morgan fingerprint density at radius 3 is 2.79 bits per heavy atom. The van der Waals surface area contributed by atoms with Crippen LogP contribution >= 0.6 is 27.3 Å². The normalized spacial score (nSPS) is 16.3. The summed E-state index contributed by atoms with van der Waals surface area (Å²) < 4.78 is 7.03. The molecule has 0 amide bonds. The predicted molar refractivity (Wildman–Crippen MR) is 83.0 cm³/mol. The second kappa shape index (κ2) is 5.65. The minimum Gasteiger partial charge on any atom is -0.490 e. The highest BCUT2D eigenvalue weighted by Gasteiger charge is 2.24. The Bertz CT molecular complexity index is 565. The van der Waals surface area contributed by atoms with Gasteiger partial charge in [-0.05, 0) is 70.5 Å². The van der Waals surface area contributed by atoms with Gasteiger partial charge < -0.3 is 10.1 Å². The van der Waals surface area contributed by atoms with Gasteiger partial charge in [0.05, 0.1) is 15.9 Å². The average molecular weight is 338 g/mol. The SMILES string of the molecule is CNC(c1cccc(OC2CC2)c1)c1csc(Br)c1. The van der Waals surface area contributed by atoms with Crippen LogP contribution in [0.2, 0.25) is 0 Å². The van der Waals surface area contributed by atoms with Gasteiger partial charge in [-0.15, -0.1) is 11.3 Å². The Morgan fingerprint density at radius 2 is 2.16 bits per heavy atom. The monoisotopic (exact) mass is 337 g/mol. The fourth-order valence-electron chi connectivity index (χ4n) is 2.15. The van der Waals surface area contributed by atoms with Crippen LogP contribution in [0.4, 0.5) is 0 Å². The lowest BCUT2D eigenvalue weighted by Gasteiger charge is -2.16. The van der Waals surface area contributed by atoms with E-state index in [0.29, 0.717) is 6.10 Å². The largest absolute Gasteiger partial charge is 0.490 e. The molecule has 0 spiro atoms. The minimum atomic E-state index is 0.213. The highest BCUT2D eigenvalue weighted by Crippen LogP contribution is 2.32. The molecule has 0 bridgehead atoms. The molecule has 0 saturated heterocycles. The number of hydrogen-bond donors (Lipinski definition) is 1. The molecule has 1 aromatic heterocycles. The van der Waals surface area contributed by atoms with Gasteiger partial charge in [-0.25, -0.2) is 0 Å². The molecule has 100 valence electrons. The quantitative estimate of drug-likeness (QED) is 0.875. The molecular formula is C15H16BrNOS.